The molecule has 0 atom stereocenters. The van der Waals surface area contributed by atoms with E-state index in [0.29, 0.717) is 0 Å². The fourth-order valence-corrected chi connectivity index (χ4v) is 8.57. The third kappa shape index (κ3) is 4.31. The number of fused-ring (bicyclic) bond motifs is 11. The number of anilines is 3. The SMILES string of the molecule is c1cc(N(c2ccc3ccccc3c2)c2cccc3c2ccc2ccc4ccc5ccccc5c4c23)cc(-n2c3ccccc3c3ccccc32)c1. The molecule has 0 aliphatic heterocycles. The van der Waals surface area contributed by atoms with E-state index < -0.39 is 0 Å². The minimum absolute atomic E-state index is 1.10. The molecule has 11 rings (SSSR count). The highest BCUT2D eigenvalue weighted by atomic mass is 15.1. The molecule has 52 heavy (non-hydrogen) atoms. The van der Waals surface area contributed by atoms with Crippen molar-refractivity contribution in [2.24, 2.45) is 0 Å². The smallest absolute Gasteiger partial charge is 0.0541 e. The van der Waals surface area contributed by atoms with Crippen LogP contribution >= 0.6 is 0 Å². The lowest BCUT2D eigenvalue weighted by molar-refractivity contribution is 1.17. The zero-order chi connectivity index (χ0) is 34.2. The van der Waals surface area contributed by atoms with E-state index in [1.807, 2.05) is 0 Å². The van der Waals surface area contributed by atoms with Gasteiger partial charge in [-0.1, -0.05) is 146 Å². The Balaban J connectivity index is 1.21. The van der Waals surface area contributed by atoms with E-state index in [4.69, 9.17) is 0 Å². The Kier molecular flexibility index (Phi) is 6.28. The first-order valence-electron chi connectivity index (χ1n) is 17.9. The van der Waals surface area contributed by atoms with Gasteiger partial charge < -0.3 is 9.47 Å². The summed E-state index contributed by atoms with van der Waals surface area (Å²) in [6.07, 6.45) is 0. The van der Waals surface area contributed by atoms with Gasteiger partial charge in [-0.25, -0.2) is 0 Å². The van der Waals surface area contributed by atoms with E-state index in [1.54, 1.807) is 0 Å². The Hall–Kier alpha value is -6.90. The fraction of sp³-hybridized carbons (Fsp3) is 0. The van der Waals surface area contributed by atoms with Gasteiger partial charge in [0.15, 0.2) is 0 Å². The molecule has 1 aromatic heterocycles. The summed E-state index contributed by atoms with van der Waals surface area (Å²) in [5, 5.41) is 15.1. The molecule has 0 bridgehead atoms. The maximum Gasteiger partial charge on any atom is 0.0541 e. The van der Waals surface area contributed by atoms with Crippen molar-refractivity contribution < 1.29 is 0 Å². The summed E-state index contributed by atoms with van der Waals surface area (Å²) in [5.74, 6) is 0. The number of aromatic nitrogens is 1. The Morgan fingerprint density at radius 2 is 0.846 bits per heavy atom. The molecule has 0 fully saturated rings. The molecule has 0 aliphatic carbocycles. The summed E-state index contributed by atoms with van der Waals surface area (Å²) in [5.41, 5.74) is 6.90. The van der Waals surface area contributed by atoms with Gasteiger partial charge in [0.25, 0.3) is 0 Å². The van der Waals surface area contributed by atoms with Gasteiger partial charge in [0.1, 0.15) is 0 Å². The number of benzene rings is 10. The summed E-state index contributed by atoms with van der Waals surface area (Å²) < 4.78 is 2.40. The summed E-state index contributed by atoms with van der Waals surface area (Å²) in [7, 11) is 0. The Morgan fingerprint density at radius 1 is 0.308 bits per heavy atom. The molecule has 10 aromatic carbocycles. The molecular weight excluding hydrogens is 629 g/mol. The van der Waals surface area contributed by atoms with Crippen LogP contribution in [0.15, 0.2) is 194 Å². The van der Waals surface area contributed by atoms with Crippen LogP contribution in [-0.2, 0) is 0 Å². The Bertz CT molecular complexity index is 3150. The predicted octanol–water partition coefficient (Wildman–Crippen LogP) is 14.0. The van der Waals surface area contributed by atoms with E-state index in [-0.39, 0.29) is 0 Å². The van der Waals surface area contributed by atoms with Crippen molar-refractivity contribution in [3.63, 3.8) is 0 Å². The van der Waals surface area contributed by atoms with Gasteiger partial charge in [-0.15, -0.1) is 0 Å². The van der Waals surface area contributed by atoms with Crippen LogP contribution in [0.4, 0.5) is 17.1 Å². The molecule has 0 radical (unpaired) electrons. The summed E-state index contributed by atoms with van der Waals surface area (Å²) in [6, 6.07) is 71.2. The average molecular weight is 661 g/mol. The van der Waals surface area contributed by atoms with Crippen molar-refractivity contribution >= 4 is 92.7 Å². The van der Waals surface area contributed by atoms with Crippen LogP contribution < -0.4 is 4.90 Å². The van der Waals surface area contributed by atoms with Crippen molar-refractivity contribution in [1.82, 2.24) is 4.57 Å². The average Bonchev–Trinajstić information content (AvgIpc) is 3.55. The van der Waals surface area contributed by atoms with Gasteiger partial charge in [-0.2, -0.15) is 0 Å². The lowest BCUT2D eigenvalue weighted by Crippen LogP contribution is -2.11. The lowest BCUT2D eigenvalue weighted by Gasteiger charge is -2.28. The van der Waals surface area contributed by atoms with E-state index in [2.05, 4.69) is 204 Å². The highest BCUT2D eigenvalue weighted by Crippen LogP contribution is 2.44. The molecule has 242 valence electrons. The van der Waals surface area contributed by atoms with Gasteiger partial charge in [0.2, 0.25) is 0 Å². The molecule has 0 N–H and O–H groups in total. The van der Waals surface area contributed by atoms with Crippen molar-refractivity contribution in [2.45, 2.75) is 0 Å². The van der Waals surface area contributed by atoms with Gasteiger partial charge in [-0.3, -0.25) is 0 Å². The van der Waals surface area contributed by atoms with Crippen LogP contribution in [0.25, 0.3) is 81.4 Å². The predicted molar refractivity (Wildman–Crippen MR) is 223 cm³/mol. The largest absolute Gasteiger partial charge is 0.310 e. The standard InChI is InChI=1S/C50H32N2/c1-2-13-37-31-40(29-27-33(37)11-1)51(38-14-9-15-39(32-38)52-47-20-7-5-17-42(47)43-18-6-8-21-48(43)52)46-22-10-19-45-44(46)30-28-36-26-25-35-24-23-34-12-3-4-16-41(34)49(35)50(36)45/h1-32H. The molecule has 2 nitrogen and oxygen atoms in total. The number of hydrogen-bond donors (Lipinski definition) is 0. The molecule has 1 heterocycles. The first-order chi connectivity index (χ1) is 25.8. The highest BCUT2D eigenvalue weighted by Gasteiger charge is 2.20. The van der Waals surface area contributed by atoms with Gasteiger partial charge in [0.05, 0.1) is 16.7 Å². The fourth-order valence-electron chi connectivity index (χ4n) is 8.57. The molecule has 0 saturated heterocycles. The Morgan fingerprint density at radius 3 is 1.62 bits per heavy atom. The zero-order valence-corrected chi connectivity index (χ0v) is 28.4. The summed E-state index contributed by atoms with van der Waals surface area (Å²) in [6.45, 7) is 0. The number of rotatable bonds is 4. The monoisotopic (exact) mass is 660 g/mol. The maximum absolute atomic E-state index is 2.45. The molecule has 0 spiro atoms. The number of hydrogen-bond acceptors (Lipinski definition) is 1. The van der Waals surface area contributed by atoms with Crippen molar-refractivity contribution in [2.75, 3.05) is 4.90 Å². The summed E-state index contributed by atoms with van der Waals surface area (Å²) >= 11 is 0. The van der Waals surface area contributed by atoms with Crippen molar-refractivity contribution in [3.8, 4) is 5.69 Å². The third-order valence-corrected chi connectivity index (χ3v) is 10.9. The van der Waals surface area contributed by atoms with Crippen LogP contribution in [0.5, 0.6) is 0 Å². The quantitative estimate of drug-likeness (QED) is 0.171. The number of para-hydroxylation sites is 2. The molecule has 11 aromatic rings. The van der Waals surface area contributed by atoms with E-state index >= 15 is 0 Å². The van der Waals surface area contributed by atoms with Crippen LogP contribution in [0.1, 0.15) is 0 Å². The second-order valence-electron chi connectivity index (χ2n) is 13.7. The number of nitrogens with zero attached hydrogens (tertiary/aromatic N) is 2. The van der Waals surface area contributed by atoms with E-state index in [0.717, 1.165) is 22.7 Å². The maximum atomic E-state index is 2.45. The van der Waals surface area contributed by atoms with E-state index in [1.165, 1.54) is 75.7 Å². The van der Waals surface area contributed by atoms with Crippen molar-refractivity contribution in [3.05, 3.63) is 194 Å². The van der Waals surface area contributed by atoms with Crippen LogP contribution in [0.3, 0.4) is 0 Å². The van der Waals surface area contributed by atoms with Crippen LogP contribution in [0.2, 0.25) is 0 Å². The lowest BCUT2D eigenvalue weighted by atomic mass is 9.92. The Labute approximate surface area is 301 Å². The van der Waals surface area contributed by atoms with Gasteiger partial charge >= 0.3 is 0 Å². The molecule has 2 heteroatoms. The summed E-state index contributed by atoms with van der Waals surface area (Å²) in [4.78, 5) is 2.45. The highest BCUT2D eigenvalue weighted by molar-refractivity contribution is 6.28. The second-order valence-corrected chi connectivity index (χ2v) is 13.7. The van der Waals surface area contributed by atoms with E-state index in [9.17, 15) is 0 Å². The first kappa shape index (κ1) is 28.9. The molecule has 0 saturated carbocycles. The topological polar surface area (TPSA) is 8.17 Å². The zero-order valence-electron chi connectivity index (χ0n) is 28.4. The third-order valence-electron chi connectivity index (χ3n) is 10.9. The normalized spacial score (nSPS) is 11.8. The van der Waals surface area contributed by atoms with Gasteiger partial charge in [0, 0.05) is 33.2 Å². The minimum Gasteiger partial charge on any atom is -0.310 e. The van der Waals surface area contributed by atoms with Crippen molar-refractivity contribution in [1.29, 1.82) is 0 Å². The molecule has 0 amide bonds. The second kappa shape index (κ2) is 11.3. The van der Waals surface area contributed by atoms with Gasteiger partial charge in [-0.05, 0) is 97.0 Å². The molecular formula is C50H32N2. The van der Waals surface area contributed by atoms with Crippen LogP contribution in [-0.4, -0.2) is 4.57 Å². The minimum atomic E-state index is 1.10. The molecule has 0 unspecified atom stereocenters. The first-order valence-corrected chi connectivity index (χ1v) is 17.9. The molecule has 0 aliphatic rings. The van der Waals surface area contributed by atoms with Crippen LogP contribution in [0, 0.1) is 0 Å².